The number of aliphatic imine (C=N–C) groups is 1. The van der Waals surface area contributed by atoms with Crippen molar-refractivity contribution in [3.05, 3.63) is 0 Å². The van der Waals surface area contributed by atoms with E-state index in [1.807, 2.05) is 0 Å². The molecule has 1 heteroatoms. The van der Waals surface area contributed by atoms with Crippen LogP contribution in [0.4, 0.5) is 0 Å². The number of hydrogen-bond donors (Lipinski definition) is 0. The Morgan fingerprint density at radius 3 is 2.55 bits per heavy atom. The molecule has 1 aliphatic rings. The summed E-state index contributed by atoms with van der Waals surface area (Å²) in [5.41, 5.74) is 1.45. The molecule has 0 amide bonds. The largest absolute Gasteiger partial charge is 0.294 e. The Kier molecular flexibility index (Phi) is 3.61. The SMILES string of the molecule is CC(C)/C1=N/CCCCCC1. The first-order chi connectivity index (χ1) is 5.30. The van der Waals surface area contributed by atoms with Gasteiger partial charge in [-0.1, -0.05) is 26.7 Å². The van der Waals surface area contributed by atoms with Gasteiger partial charge >= 0.3 is 0 Å². The number of nitrogens with zero attached hydrogens (tertiary/aromatic N) is 1. The molecule has 1 nitrogen and oxygen atoms in total. The molecule has 11 heavy (non-hydrogen) atoms. The second-order valence-corrected chi connectivity index (χ2v) is 3.69. The molecule has 0 fully saturated rings. The van der Waals surface area contributed by atoms with Crippen molar-refractivity contribution in [2.75, 3.05) is 6.54 Å². The summed E-state index contributed by atoms with van der Waals surface area (Å²) in [6, 6.07) is 0. The minimum absolute atomic E-state index is 0.674. The normalized spacial score (nSPS) is 25.5. The summed E-state index contributed by atoms with van der Waals surface area (Å²) in [6.45, 7) is 5.58. The summed E-state index contributed by atoms with van der Waals surface area (Å²) in [5.74, 6) is 0.674. The van der Waals surface area contributed by atoms with Crippen molar-refractivity contribution in [1.29, 1.82) is 0 Å². The van der Waals surface area contributed by atoms with Crippen LogP contribution in [0.1, 0.15) is 46.0 Å². The Balaban J connectivity index is 2.45. The van der Waals surface area contributed by atoms with E-state index in [-0.39, 0.29) is 0 Å². The van der Waals surface area contributed by atoms with E-state index in [4.69, 9.17) is 0 Å². The quantitative estimate of drug-likeness (QED) is 0.549. The molecule has 0 radical (unpaired) electrons. The third-order valence-corrected chi connectivity index (χ3v) is 2.32. The van der Waals surface area contributed by atoms with Crippen LogP contribution in [0, 0.1) is 5.92 Å². The molecule has 64 valence electrons. The van der Waals surface area contributed by atoms with Crippen LogP contribution in [0.3, 0.4) is 0 Å². The van der Waals surface area contributed by atoms with Gasteiger partial charge in [-0.25, -0.2) is 0 Å². The number of hydrogen-bond acceptors (Lipinski definition) is 1. The van der Waals surface area contributed by atoms with Gasteiger partial charge in [0.1, 0.15) is 0 Å². The third kappa shape index (κ3) is 3.04. The summed E-state index contributed by atoms with van der Waals surface area (Å²) in [5, 5.41) is 0. The van der Waals surface area contributed by atoms with Crippen molar-refractivity contribution in [3.8, 4) is 0 Å². The average Bonchev–Trinajstić information content (AvgIpc) is 1.84. The van der Waals surface area contributed by atoms with E-state index in [1.165, 1.54) is 37.8 Å². The maximum Gasteiger partial charge on any atom is 0.0388 e. The van der Waals surface area contributed by atoms with Crippen LogP contribution < -0.4 is 0 Å². The van der Waals surface area contributed by atoms with Crippen LogP contribution in [-0.2, 0) is 0 Å². The molecule has 0 N–H and O–H groups in total. The fourth-order valence-corrected chi connectivity index (χ4v) is 1.54. The lowest BCUT2D eigenvalue weighted by Crippen LogP contribution is -2.10. The molecule has 0 aromatic heterocycles. The third-order valence-electron chi connectivity index (χ3n) is 2.32. The van der Waals surface area contributed by atoms with Gasteiger partial charge in [0.2, 0.25) is 0 Å². The van der Waals surface area contributed by atoms with E-state index in [1.54, 1.807) is 0 Å². The zero-order valence-corrected chi connectivity index (χ0v) is 7.77. The summed E-state index contributed by atoms with van der Waals surface area (Å²) in [4.78, 5) is 4.60. The lowest BCUT2D eigenvalue weighted by molar-refractivity contribution is 0.629. The lowest BCUT2D eigenvalue weighted by Gasteiger charge is -2.12. The molecule has 0 unspecified atom stereocenters. The molecule has 0 atom stereocenters. The molecule has 0 saturated carbocycles. The van der Waals surface area contributed by atoms with Crippen LogP contribution in [-0.4, -0.2) is 12.3 Å². The molecular weight excluding hydrogens is 134 g/mol. The Bertz CT molecular complexity index is 136. The summed E-state index contributed by atoms with van der Waals surface area (Å²) in [6.07, 6.45) is 6.70. The summed E-state index contributed by atoms with van der Waals surface area (Å²) in [7, 11) is 0. The smallest absolute Gasteiger partial charge is 0.0388 e. The van der Waals surface area contributed by atoms with E-state index in [0.29, 0.717) is 5.92 Å². The fourth-order valence-electron chi connectivity index (χ4n) is 1.54. The highest BCUT2D eigenvalue weighted by Crippen LogP contribution is 2.12. The predicted octanol–water partition coefficient (Wildman–Crippen LogP) is 3.05. The molecule has 0 bridgehead atoms. The van der Waals surface area contributed by atoms with Crippen LogP contribution >= 0.6 is 0 Å². The van der Waals surface area contributed by atoms with Crippen LogP contribution in [0.5, 0.6) is 0 Å². The van der Waals surface area contributed by atoms with Gasteiger partial charge in [0.15, 0.2) is 0 Å². The van der Waals surface area contributed by atoms with Gasteiger partial charge in [-0.2, -0.15) is 0 Å². The van der Waals surface area contributed by atoms with E-state index >= 15 is 0 Å². The standard InChI is InChI=1S/C10H19N/c1-9(2)10-7-5-3-4-6-8-11-10/h9H,3-8H2,1-2H3/b11-10+. The molecular formula is C10H19N. The minimum atomic E-state index is 0.674. The Morgan fingerprint density at radius 1 is 1.09 bits per heavy atom. The average molecular weight is 153 g/mol. The van der Waals surface area contributed by atoms with Gasteiger partial charge in [-0.3, -0.25) is 4.99 Å². The van der Waals surface area contributed by atoms with Crippen LogP contribution in [0.25, 0.3) is 0 Å². The van der Waals surface area contributed by atoms with Gasteiger partial charge in [0, 0.05) is 12.3 Å². The first kappa shape index (κ1) is 8.76. The molecule has 0 aromatic rings. The first-order valence-corrected chi connectivity index (χ1v) is 4.84. The summed E-state index contributed by atoms with van der Waals surface area (Å²) < 4.78 is 0. The van der Waals surface area contributed by atoms with Crippen LogP contribution in [0.2, 0.25) is 0 Å². The molecule has 1 aliphatic heterocycles. The van der Waals surface area contributed by atoms with Gasteiger partial charge in [-0.15, -0.1) is 0 Å². The van der Waals surface area contributed by atoms with E-state index < -0.39 is 0 Å². The molecule has 0 spiro atoms. The second kappa shape index (κ2) is 4.53. The topological polar surface area (TPSA) is 12.4 Å². The lowest BCUT2D eigenvalue weighted by atomic mass is 9.99. The minimum Gasteiger partial charge on any atom is -0.294 e. The Hall–Kier alpha value is -0.330. The van der Waals surface area contributed by atoms with E-state index in [2.05, 4.69) is 18.8 Å². The highest BCUT2D eigenvalue weighted by Gasteiger charge is 2.06. The zero-order chi connectivity index (χ0) is 8.10. The monoisotopic (exact) mass is 153 g/mol. The zero-order valence-electron chi connectivity index (χ0n) is 7.77. The predicted molar refractivity (Wildman–Crippen MR) is 50.2 cm³/mol. The Labute approximate surface area is 69.9 Å². The van der Waals surface area contributed by atoms with E-state index in [9.17, 15) is 0 Å². The molecule has 0 aliphatic carbocycles. The van der Waals surface area contributed by atoms with Gasteiger partial charge in [0.25, 0.3) is 0 Å². The second-order valence-electron chi connectivity index (χ2n) is 3.69. The van der Waals surface area contributed by atoms with Crippen molar-refractivity contribution in [1.82, 2.24) is 0 Å². The molecule has 0 aromatic carbocycles. The maximum atomic E-state index is 4.60. The Morgan fingerprint density at radius 2 is 1.82 bits per heavy atom. The van der Waals surface area contributed by atoms with Gasteiger partial charge in [-0.05, 0) is 25.2 Å². The highest BCUT2D eigenvalue weighted by molar-refractivity contribution is 5.86. The first-order valence-electron chi connectivity index (χ1n) is 4.84. The molecule has 1 rings (SSSR count). The maximum absolute atomic E-state index is 4.60. The molecule has 0 saturated heterocycles. The van der Waals surface area contributed by atoms with Crippen molar-refractivity contribution >= 4 is 5.71 Å². The van der Waals surface area contributed by atoms with Crippen molar-refractivity contribution in [3.63, 3.8) is 0 Å². The van der Waals surface area contributed by atoms with Crippen molar-refractivity contribution in [2.45, 2.75) is 46.0 Å². The van der Waals surface area contributed by atoms with Crippen molar-refractivity contribution < 1.29 is 0 Å². The van der Waals surface area contributed by atoms with Crippen LogP contribution in [0.15, 0.2) is 4.99 Å². The number of rotatable bonds is 1. The fraction of sp³-hybridized carbons (Fsp3) is 0.900. The molecule has 1 heterocycles. The van der Waals surface area contributed by atoms with Crippen molar-refractivity contribution in [2.24, 2.45) is 10.9 Å². The van der Waals surface area contributed by atoms with E-state index in [0.717, 1.165) is 6.54 Å². The van der Waals surface area contributed by atoms with Gasteiger partial charge < -0.3 is 0 Å². The summed E-state index contributed by atoms with van der Waals surface area (Å²) >= 11 is 0. The highest BCUT2D eigenvalue weighted by atomic mass is 14.7. The van der Waals surface area contributed by atoms with Gasteiger partial charge in [0.05, 0.1) is 0 Å².